The van der Waals surface area contributed by atoms with E-state index in [-0.39, 0.29) is 11.9 Å². The summed E-state index contributed by atoms with van der Waals surface area (Å²) in [4.78, 5) is 27.2. The van der Waals surface area contributed by atoms with E-state index in [2.05, 4.69) is 10.6 Å². The third-order valence-corrected chi connectivity index (χ3v) is 3.57. The molecule has 0 radical (unpaired) electrons. The van der Waals surface area contributed by atoms with Crippen LogP contribution in [0.5, 0.6) is 0 Å². The zero-order valence-electron chi connectivity index (χ0n) is 12.1. The molecule has 3 amide bonds. The Kier molecular flexibility index (Phi) is 5.03. The van der Waals surface area contributed by atoms with Crippen molar-refractivity contribution in [1.82, 2.24) is 15.1 Å². The van der Waals surface area contributed by atoms with Crippen molar-refractivity contribution in [2.24, 2.45) is 0 Å². The van der Waals surface area contributed by atoms with Crippen molar-refractivity contribution < 1.29 is 9.59 Å². The molecule has 1 aromatic rings. The van der Waals surface area contributed by atoms with Crippen LogP contribution in [0.4, 0.5) is 10.5 Å². The normalized spacial score (nSPS) is 14.7. The zero-order valence-corrected chi connectivity index (χ0v) is 12.9. The van der Waals surface area contributed by atoms with Crippen LogP contribution in [-0.4, -0.2) is 62.0 Å². The highest BCUT2D eigenvalue weighted by molar-refractivity contribution is 6.34. The Morgan fingerprint density at radius 2 is 1.95 bits per heavy atom. The number of nitrogens with zero attached hydrogens (tertiary/aromatic N) is 2. The van der Waals surface area contributed by atoms with Crippen LogP contribution in [0.2, 0.25) is 5.02 Å². The monoisotopic (exact) mass is 310 g/mol. The van der Waals surface area contributed by atoms with Crippen molar-refractivity contribution in [3.05, 3.63) is 28.8 Å². The summed E-state index contributed by atoms with van der Waals surface area (Å²) < 4.78 is 0. The van der Waals surface area contributed by atoms with Gasteiger partial charge in [-0.1, -0.05) is 11.6 Å². The number of hydrogen-bond acceptors (Lipinski definition) is 3. The summed E-state index contributed by atoms with van der Waals surface area (Å²) >= 11 is 6.18. The molecule has 114 valence electrons. The van der Waals surface area contributed by atoms with Crippen molar-refractivity contribution in [3.8, 4) is 0 Å². The summed E-state index contributed by atoms with van der Waals surface area (Å²) in [5, 5.41) is 6.24. The molecule has 1 aromatic carbocycles. The number of hydrogen-bond donors (Lipinski definition) is 2. The molecular formula is C14H19ClN4O2. The maximum absolute atomic E-state index is 12.4. The van der Waals surface area contributed by atoms with E-state index in [1.165, 1.54) is 4.90 Å². The van der Waals surface area contributed by atoms with Gasteiger partial charge in [-0.3, -0.25) is 4.79 Å². The topological polar surface area (TPSA) is 64.7 Å². The molecule has 21 heavy (non-hydrogen) atoms. The van der Waals surface area contributed by atoms with Gasteiger partial charge in [0, 0.05) is 46.0 Å². The van der Waals surface area contributed by atoms with Gasteiger partial charge in [-0.25, -0.2) is 4.79 Å². The predicted molar refractivity (Wildman–Crippen MR) is 82.9 cm³/mol. The maximum atomic E-state index is 12.4. The smallest absolute Gasteiger partial charge is 0.321 e. The van der Waals surface area contributed by atoms with Crippen molar-refractivity contribution in [3.63, 3.8) is 0 Å². The second kappa shape index (κ2) is 6.78. The molecule has 1 aliphatic heterocycles. The van der Waals surface area contributed by atoms with Gasteiger partial charge in [-0.05, 0) is 18.2 Å². The number of amides is 3. The SMILES string of the molecule is CN(C)C(=O)Nc1ccc(C(=O)N2CCNCC2)c(Cl)c1. The van der Waals surface area contributed by atoms with E-state index < -0.39 is 0 Å². The number of nitrogens with one attached hydrogen (secondary N) is 2. The van der Waals surface area contributed by atoms with Gasteiger partial charge in [0.15, 0.2) is 0 Å². The molecule has 2 rings (SSSR count). The highest BCUT2D eigenvalue weighted by atomic mass is 35.5. The molecule has 0 unspecified atom stereocenters. The highest BCUT2D eigenvalue weighted by Crippen LogP contribution is 2.22. The third kappa shape index (κ3) is 3.86. The summed E-state index contributed by atoms with van der Waals surface area (Å²) in [5.41, 5.74) is 1.02. The fraction of sp³-hybridized carbons (Fsp3) is 0.429. The standard InChI is InChI=1S/C14H19ClN4O2/c1-18(2)14(21)17-10-3-4-11(12(15)9-10)13(20)19-7-5-16-6-8-19/h3-4,9,16H,5-8H2,1-2H3,(H,17,21). The summed E-state index contributed by atoms with van der Waals surface area (Å²) in [6.45, 7) is 2.93. The van der Waals surface area contributed by atoms with E-state index in [1.54, 1.807) is 37.2 Å². The number of benzene rings is 1. The Labute approximate surface area is 129 Å². The second-order valence-corrected chi connectivity index (χ2v) is 5.47. The van der Waals surface area contributed by atoms with E-state index in [9.17, 15) is 9.59 Å². The number of carbonyl (C=O) groups excluding carboxylic acids is 2. The molecule has 1 aliphatic rings. The van der Waals surface area contributed by atoms with Crippen LogP contribution >= 0.6 is 11.6 Å². The number of halogens is 1. The van der Waals surface area contributed by atoms with Crippen LogP contribution in [0.3, 0.4) is 0 Å². The van der Waals surface area contributed by atoms with E-state index in [0.717, 1.165) is 13.1 Å². The molecule has 1 fully saturated rings. The van der Waals surface area contributed by atoms with Crippen LogP contribution < -0.4 is 10.6 Å². The Morgan fingerprint density at radius 1 is 1.29 bits per heavy atom. The molecule has 6 nitrogen and oxygen atoms in total. The average Bonchev–Trinajstić information content (AvgIpc) is 2.47. The molecule has 7 heteroatoms. The van der Waals surface area contributed by atoms with Crippen LogP contribution in [0, 0.1) is 0 Å². The largest absolute Gasteiger partial charge is 0.336 e. The minimum absolute atomic E-state index is 0.0769. The quantitative estimate of drug-likeness (QED) is 0.869. The van der Waals surface area contributed by atoms with Crippen LogP contribution in [0.1, 0.15) is 10.4 Å². The molecule has 1 saturated heterocycles. The lowest BCUT2D eigenvalue weighted by Gasteiger charge is -2.27. The molecule has 0 atom stereocenters. The van der Waals surface area contributed by atoms with Gasteiger partial charge >= 0.3 is 6.03 Å². The van der Waals surface area contributed by atoms with Crippen LogP contribution in [-0.2, 0) is 0 Å². The number of piperazine rings is 1. The summed E-state index contributed by atoms with van der Waals surface area (Å²) in [6, 6.07) is 4.69. The molecule has 0 aliphatic carbocycles. The summed E-state index contributed by atoms with van der Waals surface area (Å²) in [6.07, 6.45) is 0. The van der Waals surface area contributed by atoms with Crippen molar-refractivity contribution >= 4 is 29.2 Å². The van der Waals surface area contributed by atoms with Gasteiger partial charge in [-0.15, -0.1) is 0 Å². The minimum Gasteiger partial charge on any atom is -0.336 e. The third-order valence-electron chi connectivity index (χ3n) is 3.26. The second-order valence-electron chi connectivity index (χ2n) is 5.06. The first-order valence-electron chi connectivity index (χ1n) is 6.77. The molecule has 0 saturated carbocycles. The fourth-order valence-corrected chi connectivity index (χ4v) is 2.30. The van der Waals surface area contributed by atoms with Crippen molar-refractivity contribution in [2.75, 3.05) is 45.6 Å². The maximum Gasteiger partial charge on any atom is 0.321 e. The van der Waals surface area contributed by atoms with E-state index in [4.69, 9.17) is 11.6 Å². The average molecular weight is 311 g/mol. The van der Waals surface area contributed by atoms with Gasteiger partial charge in [0.1, 0.15) is 0 Å². The van der Waals surface area contributed by atoms with Gasteiger partial charge in [0.2, 0.25) is 0 Å². The van der Waals surface area contributed by atoms with Gasteiger partial charge in [0.05, 0.1) is 10.6 Å². The molecule has 2 N–H and O–H groups in total. The van der Waals surface area contributed by atoms with E-state index in [1.807, 2.05) is 0 Å². The lowest BCUT2D eigenvalue weighted by Crippen LogP contribution is -2.46. The molecular weight excluding hydrogens is 292 g/mol. The van der Waals surface area contributed by atoms with Gasteiger partial charge in [0.25, 0.3) is 5.91 Å². The predicted octanol–water partition coefficient (Wildman–Crippen LogP) is 1.48. The lowest BCUT2D eigenvalue weighted by atomic mass is 10.1. The van der Waals surface area contributed by atoms with Gasteiger partial charge < -0.3 is 20.4 Å². The van der Waals surface area contributed by atoms with Crippen molar-refractivity contribution in [1.29, 1.82) is 0 Å². The fourth-order valence-electron chi connectivity index (χ4n) is 2.04. The van der Waals surface area contributed by atoms with Gasteiger partial charge in [-0.2, -0.15) is 0 Å². The Balaban J connectivity index is 2.11. The molecule has 0 bridgehead atoms. The van der Waals surface area contributed by atoms with E-state index in [0.29, 0.717) is 29.4 Å². The summed E-state index contributed by atoms with van der Waals surface area (Å²) in [7, 11) is 3.30. The number of carbonyl (C=O) groups is 2. The Morgan fingerprint density at radius 3 is 2.52 bits per heavy atom. The number of anilines is 1. The Bertz CT molecular complexity index is 542. The first kappa shape index (κ1) is 15.6. The Hall–Kier alpha value is -1.79. The van der Waals surface area contributed by atoms with Crippen LogP contribution in [0.25, 0.3) is 0 Å². The molecule has 1 heterocycles. The molecule has 0 aromatic heterocycles. The minimum atomic E-state index is -0.243. The lowest BCUT2D eigenvalue weighted by molar-refractivity contribution is 0.0736. The first-order chi connectivity index (χ1) is 9.99. The molecule has 0 spiro atoms. The zero-order chi connectivity index (χ0) is 15.4. The number of urea groups is 1. The van der Waals surface area contributed by atoms with E-state index >= 15 is 0 Å². The summed E-state index contributed by atoms with van der Waals surface area (Å²) in [5.74, 6) is -0.0769. The van der Waals surface area contributed by atoms with Crippen LogP contribution in [0.15, 0.2) is 18.2 Å². The van der Waals surface area contributed by atoms with Crippen molar-refractivity contribution in [2.45, 2.75) is 0 Å². The first-order valence-corrected chi connectivity index (χ1v) is 7.14. The number of rotatable bonds is 2. The highest BCUT2D eigenvalue weighted by Gasteiger charge is 2.20.